The number of methoxy groups -OCH3 is 1. The maximum absolute atomic E-state index is 13.5. The summed E-state index contributed by atoms with van der Waals surface area (Å²) in [5, 5.41) is 11.9. The first-order valence-electron chi connectivity index (χ1n) is 12.3. The first kappa shape index (κ1) is 26.3. The number of benzene rings is 3. The zero-order valence-corrected chi connectivity index (χ0v) is 22.5. The molecular weight excluding hydrogens is 488 g/mol. The second kappa shape index (κ2) is 10.7. The lowest BCUT2D eigenvalue weighted by molar-refractivity contribution is -0.132. The molecule has 0 saturated carbocycles. The molecule has 0 spiro atoms. The van der Waals surface area contributed by atoms with Crippen LogP contribution in [0.25, 0.3) is 5.76 Å². The third kappa shape index (κ3) is 4.81. The summed E-state index contributed by atoms with van der Waals surface area (Å²) in [6.45, 7) is 9.64. The number of Topliss-reactive ketones (excluding diaryl/α,β-unsaturated/α-hetero) is 1. The molecule has 0 radical (unpaired) electrons. The van der Waals surface area contributed by atoms with Crippen LogP contribution in [0, 0.1) is 13.8 Å². The van der Waals surface area contributed by atoms with Gasteiger partial charge in [-0.05, 0) is 75.2 Å². The summed E-state index contributed by atoms with van der Waals surface area (Å²) in [5.74, 6) is -1.56. The van der Waals surface area contributed by atoms with Gasteiger partial charge in [0.05, 0.1) is 29.3 Å². The van der Waals surface area contributed by atoms with Crippen LogP contribution in [-0.4, -0.2) is 37.0 Å². The van der Waals surface area contributed by atoms with Crippen LogP contribution in [0.1, 0.15) is 42.1 Å². The molecule has 1 fully saturated rings. The van der Waals surface area contributed by atoms with E-state index >= 15 is 0 Å². The molecule has 3 aromatic carbocycles. The number of ether oxygens (including phenoxy) is 1. The van der Waals surface area contributed by atoms with Crippen molar-refractivity contribution >= 4 is 40.4 Å². The maximum atomic E-state index is 13.5. The number of aliphatic hydroxyl groups is 1. The molecule has 1 saturated heterocycles. The van der Waals surface area contributed by atoms with E-state index in [0.717, 1.165) is 29.9 Å². The molecule has 1 atom stereocenters. The number of aryl methyl sites for hydroxylation is 2. The third-order valence-electron chi connectivity index (χ3n) is 6.71. The first-order chi connectivity index (χ1) is 17.7. The van der Waals surface area contributed by atoms with E-state index in [0.29, 0.717) is 16.3 Å². The molecule has 1 aliphatic heterocycles. The van der Waals surface area contributed by atoms with Crippen molar-refractivity contribution in [3.05, 3.63) is 93.5 Å². The molecule has 192 valence electrons. The van der Waals surface area contributed by atoms with E-state index in [1.807, 2.05) is 62.4 Å². The molecule has 37 heavy (non-hydrogen) atoms. The lowest BCUT2D eigenvalue weighted by atomic mass is 9.93. The highest BCUT2D eigenvalue weighted by molar-refractivity contribution is 6.51. The molecule has 1 heterocycles. The Morgan fingerprint density at radius 2 is 1.68 bits per heavy atom. The van der Waals surface area contributed by atoms with Gasteiger partial charge >= 0.3 is 0 Å². The fourth-order valence-electron chi connectivity index (χ4n) is 4.92. The molecule has 6 nitrogen and oxygen atoms in total. The van der Waals surface area contributed by atoms with E-state index in [2.05, 4.69) is 18.7 Å². The Morgan fingerprint density at radius 3 is 2.27 bits per heavy atom. The number of halogens is 1. The van der Waals surface area contributed by atoms with Gasteiger partial charge in [-0.25, -0.2) is 0 Å². The lowest BCUT2D eigenvalue weighted by Gasteiger charge is -2.27. The number of aliphatic hydroxyl groups excluding tert-OH is 1. The molecule has 3 aromatic rings. The van der Waals surface area contributed by atoms with Crippen LogP contribution in [-0.2, 0) is 9.59 Å². The minimum Gasteiger partial charge on any atom is -0.507 e. The van der Waals surface area contributed by atoms with Gasteiger partial charge in [0.15, 0.2) is 0 Å². The maximum Gasteiger partial charge on any atom is 0.300 e. The van der Waals surface area contributed by atoms with Gasteiger partial charge in [0.1, 0.15) is 11.5 Å². The Hall–Kier alpha value is -3.77. The first-order valence-corrected chi connectivity index (χ1v) is 12.7. The van der Waals surface area contributed by atoms with E-state index < -0.39 is 17.7 Å². The molecular formula is C30H31ClN2O4. The minimum atomic E-state index is -0.830. The molecule has 1 N–H and O–H groups in total. The smallest absolute Gasteiger partial charge is 0.300 e. The monoisotopic (exact) mass is 518 g/mol. The normalized spacial score (nSPS) is 16.8. The number of amides is 1. The van der Waals surface area contributed by atoms with Gasteiger partial charge in [-0.1, -0.05) is 41.4 Å². The van der Waals surface area contributed by atoms with E-state index in [9.17, 15) is 14.7 Å². The highest BCUT2D eigenvalue weighted by atomic mass is 35.5. The highest BCUT2D eigenvalue weighted by Crippen LogP contribution is 2.44. The fraction of sp³-hybridized carbons (Fsp3) is 0.267. The summed E-state index contributed by atoms with van der Waals surface area (Å²) in [6, 6.07) is 17.7. The van der Waals surface area contributed by atoms with E-state index in [1.165, 1.54) is 12.0 Å². The summed E-state index contributed by atoms with van der Waals surface area (Å²) in [6.07, 6.45) is 0. The van der Waals surface area contributed by atoms with Crippen LogP contribution >= 0.6 is 11.6 Å². The number of carbonyl (C=O) groups is 2. The molecule has 1 unspecified atom stereocenters. The number of hydrogen-bond donors (Lipinski definition) is 1. The zero-order valence-electron chi connectivity index (χ0n) is 21.7. The average Bonchev–Trinajstić information content (AvgIpc) is 3.14. The molecule has 7 heteroatoms. The molecule has 0 bridgehead atoms. The summed E-state index contributed by atoms with van der Waals surface area (Å²) < 4.78 is 5.46. The second-order valence-corrected chi connectivity index (χ2v) is 9.51. The van der Waals surface area contributed by atoms with Gasteiger partial charge in [0.2, 0.25) is 0 Å². The van der Waals surface area contributed by atoms with Gasteiger partial charge in [-0.2, -0.15) is 0 Å². The molecule has 1 amide bonds. The minimum absolute atomic E-state index is 0.0108. The van der Waals surface area contributed by atoms with Gasteiger partial charge in [0, 0.05) is 24.5 Å². The summed E-state index contributed by atoms with van der Waals surface area (Å²) in [7, 11) is 1.45. The van der Waals surface area contributed by atoms with E-state index in [4.69, 9.17) is 16.3 Å². The Bertz CT molecular complexity index is 1380. The van der Waals surface area contributed by atoms with Crippen LogP contribution in [0.5, 0.6) is 5.75 Å². The summed E-state index contributed by atoms with van der Waals surface area (Å²) in [5.41, 5.74) is 4.31. The van der Waals surface area contributed by atoms with Gasteiger partial charge in [-0.15, -0.1) is 0 Å². The van der Waals surface area contributed by atoms with Crippen LogP contribution in [0.2, 0.25) is 5.02 Å². The topological polar surface area (TPSA) is 70.1 Å². The van der Waals surface area contributed by atoms with Crippen molar-refractivity contribution in [2.45, 2.75) is 33.7 Å². The third-order valence-corrected chi connectivity index (χ3v) is 6.99. The van der Waals surface area contributed by atoms with Crippen molar-refractivity contribution in [1.82, 2.24) is 0 Å². The van der Waals surface area contributed by atoms with Crippen molar-refractivity contribution in [2.24, 2.45) is 0 Å². The largest absolute Gasteiger partial charge is 0.507 e. The lowest BCUT2D eigenvalue weighted by Crippen LogP contribution is -2.29. The molecule has 4 rings (SSSR count). The number of rotatable bonds is 7. The summed E-state index contributed by atoms with van der Waals surface area (Å²) in [4.78, 5) is 30.7. The Kier molecular flexibility index (Phi) is 7.60. The number of nitrogens with zero attached hydrogens (tertiary/aromatic N) is 2. The second-order valence-electron chi connectivity index (χ2n) is 9.10. The van der Waals surface area contributed by atoms with Crippen molar-refractivity contribution in [3.63, 3.8) is 0 Å². The Morgan fingerprint density at radius 1 is 1.00 bits per heavy atom. The Labute approximate surface area is 222 Å². The van der Waals surface area contributed by atoms with E-state index in [-0.39, 0.29) is 22.6 Å². The number of anilines is 2. The number of carbonyl (C=O) groups excluding carboxylic acids is 2. The van der Waals surface area contributed by atoms with Gasteiger partial charge in [0.25, 0.3) is 11.7 Å². The average molecular weight is 519 g/mol. The van der Waals surface area contributed by atoms with Crippen molar-refractivity contribution < 1.29 is 19.4 Å². The van der Waals surface area contributed by atoms with Gasteiger partial charge in [-0.3, -0.25) is 14.5 Å². The molecule has 1 aliphatic rings. The van der Waals surface area contributed by atoms with Crippen LogP contribution < -0.4 is 14.5 Å². The highest BCUT2D eigenvalue weighted by Gasteiger charge is 2.47. The molecule has 0 aromatic heterocycles. The predicted octanol–water partition coefficient (Wildman–Crippen LogP) is 6.44. The predicted molar refractivity (Wildman–Crippen MR) is 149 cm³/mol. The number of ketones is 1. The zero-order chi connectivity index (χ0) is 26.9. The fourth-order valence-corrected chi connectivity index (χ4v) is 5.28. The van der Waals surface area contributed by atoms with Crippen LogP contribution in [0.15, 0.2) is 66.2 Å². The Balaban J connectivity index is 1.94. The van der Waals surface area contributed by atoms with E-state index in [1.54, 1.807) is 12.1 Å². The summed E-state index contributed by atoms with van der Waals surface area (Å²) >= 11 is 6.39. The quantitative estimate of drug-likeness (QED) is 0.221. The van der Waals surface area contributed by atoms with Crippen molar-refractivity contribution in [3.8, 4) is 5.75 Å². The van der Waals surface area contributed by atoms with Crippen molar-refractivity contribution in [2.75, 3.05) is 30.0 Å². The standard InChI is InChI=1S/C30H31ClN2O4/c1-6-32(7-2)21-11-13-22(14-12-21)33-26(20-10-8-9-18(3)15-20)25(28(35)30(33)36)27(34)23-16-19(4)17-24(31)29(23)37-5/h8-17,26,34H,6-7H2,1-5H3/b27-25+. The van der Waals surface area contributed by atoms with Gasteiger partial charge < -0.3 is 14.7 Å². The number of hydrogen-bond acceptors (Lipinski definition) is 5. The van der Waals surface area contributed by atoms with Crippen molar-refractivity contribution in [1.29, 1.82) is 0 Å². The SMILES string of the molecule is CCN(CC)c1ccc(N2C(=O)C(=O)/C(=C(/O)c3cc(C)cc(Cl)c3OC)C2c2cccc(C)c2)cc1. The van der Waals surface area contributed by atoms with Crippen LogP contribution in [0.4, 0.5) is 11.4 Å². The molecule has 0 aliphatic carbocycles. The van der Waals surface area contributed by atoms with Crippen LogP contribution in [0.3, 0.4) is 0 Å².